The van der Waals surface area contributed by atoms with Gasteiger partial charge in [-0.05, 0) is 67.9 Å². The SMILES string of the molecule is Fc1ccc(-c2ccc(C3CCC(C4OCCCO4)CC3)cn2)cc1F. The second-order valence-electron chi connectivity index (χ2n) is 7.18. The lowest BCUT2D eigenvalue weighted by Crippen LogP contribution is -2.34. The van der Waals surface area contributed by atoms with E-state index in [0.717, 1.165) is 51.4 Å². The van der Waals surface area contributed by atoms with Crippen molar-refractivity contribution in [2.75, 3.05) is 13.2 Å². The van der Waals surface area contributed by atoms with E-state index in [1.54, 1.807) is 6.07 Å². The molecule has 138 valence electrons. The summed E-state index contributed by atoms with van der Waals surface area (Å²) in [5.41, 5.74) is 2.45. The van der Waals surface area contributed by atoms with E-state index in [4.69, 9.17) is 9.47 Å². The molecule has 0 radical (unpaired) electrons. The Morgan fingerprint density at radius 1 is 0.885 bits per heavy atom. The Kier molecular flexibility index (Phi) is 5.27. The number of hydrogen-bond donors (Lipinski definition) is 0. The Morgan fingerprint density at radius 2 is 1.65 bits per heavy atom. The Balaban J connectivity index is 1.39. The van der Waals surface area contributed by atoms with Crippen LogP contribution in [-0.2, 0) is 9.47 Å². The number of ether oxygens (including phenoxy) is 2. The van der Waals surface area contributed by atoms with Gasteiger partial charge in [-0.3, -0.25) is 4.98 Å². The molecule has 1 saturated heterocycles. The number of pyridine rings is 1. The molecule has 3 nitrogen and oxygen atoms in total. The molecule has 2 aromatic rings. The van der Waals surface area contributed by atoms with Crippen LogP contribution in [0.15, 0.2) is 36.5 Å². The fourth-order valence-corrected chi connectivity index (χ4v) is 3.98. The van der Waals surface area contributed by atoms with Gasteiger partial charge in [-0.25, -0.2) is 8.78 Å². The van der Waals surface area contributed by atoms with Gasteiger partial charge in [0.05, 0.1) is 18.9 Å². The van der Waals surface area contributed by atoms with Crippen LogP contribution in [-0.4, -0.2) is 24.5 Å². The van der Waals surface area contributed by atoms with E-state index < -0.39 is 11.6 Å². The molecular weight excluding hydrogens is 336 g/mol. The van der Waals surface area contributed by atoms with Crippen LogP contribution < -0.4 is 0 Å². The molecule has 1 aromatic heterocycles. The molecule has 0 N–H and O–H groups in total. The van der Waals surface area contributed by atoms with Crippen molar-refractivity contribution >= 4 is 0 Å². The maximum Gasteiger partial charge on any atom is 0.160 e. The quantitative estimate of drug-likeness (QED) is 0.767. The van der Waals surface area contributed by atoms with Gasteiger partial charge in [0.25, 0.3) is 0 Å². The van der Waals surface area contributed by atoms with Crippen molar-refractivity contribution in [1.82, 2.24) is 4.98 Å². The minimum absolute atomic E-state index is 0.0291. The minimum atomic E-state index is -0.848. The highest BCUT2D eigenvalue weighted by Crippen LogP contribution is 2.38. The Labute approximate surface area is 152 Å². The maximum atomic E-state index is 13.4. The number of halogens is 2. The Hall–Kier alpha value is -1.85. The molecule has 0 unspecified atom stereocenters. The van der Waals surface area contributed by atoms with Gasteiger partial charge in [0.2, 0.25) is 0 Å². The van der Waals surface area contributed by atoms with Crippen LogP contribution in [0, 0.1) is 17.6 Å². The van der Waals surface area contributed by atoms with E-state index >= 15 is 0 Å². The first-order valence-corrected chi connectivity index (χ1v) is 9.35. The Morgan fingerprint density at radius 3 is 2.31 bits per heavy atom. The van der Waals surface area contributed by atoms with Gasteiger partial charge >= 0.3 is 0 Å². The van der Waals surface area contributed by atoms with Crippen LogP contribution >= 0.6 is 0 Å². The molecular formula is C21H23F2NO2. The largest absolute Gasteiger partial charge is 0.352 e. The highest BCUT2D eigenvalue weighted by Gasteiger charge is 2.30. The normalized spacial score (nSPS) is 24.5. The van der Waals surface area contributed by atoms with Crippen LogP contribution in [0.25, 0.3) is 11.3 Å². The monoisotopic (exact) mass is 359 g/mol. The highest BCUT2D eigenvalue weighted by molar-refractivity contribution is 5.59. The zero-order valence-corrected chi connectivity index (χ0v) is 14.7. The summed E-state index contributed by atoms with van der Waals surface area (Å²) in [6.07, 6.45) is 7.22. The second kappa shape index (κ2) is 7.80. The van der Waals surface area contributed by atoms with Gasteiger partial charge in [0, 0.05) is 17.7 Å². The fraction of sp³-hybridized carbons (Fsp3) is 0.476. The predicted octanol–water partition coefficient (Wildman–Crippen LogP) is 5.06. The van der Waals surface area contributed by atoms with Crippen LogP contribution in [0.2, 0.25) is 0 Å². The van der Waals surface area contributed by atoms with Crippen LogP contribution in [0.3, 0.4) is 0 Å². The number of hydrogen-bond acceptors (Lipinski definition) is 3. The molecule has 1 aliphatic carbocycles. The fourth-order valence-electron chi connectivity index (χ4n) is 3.98. The molecule has 1 saturated carbocycles. The molecule has 0 spiro atoms. The van der Waals surface area contributed by atoms with E-state index in [1.807, 2.05) is 12.3 Å². The van der Waals surface area contributed by atoms with Gasteiger partial charge in [0.1, 0.15) is 0 Å². The maximum absolute atomic E-state index is 13.4. The number of aromatic nitrogens is 1. The number of nitrogens with zero attached hydrogens (tertiary/aromatic N) is 1. The predicted molar refractivity (Wildman–Crippen MR) is 94.6 cm³/mol. The minimum Gasteiger partial charge on any atom is -0.352 e. The van der Waals surface area contributed by atoms with E-state index in [9.17, 15) is 8.78 Å². The third-order valence-corrected chi connectivity index (χ3v) is 5.48. The summed E-state index contributed by atoms with van der Waals surface area (Å²) < 4.78 is 38.0. The first-order chi connectivity index (χ1) is 12.7. The smallest absolute Gasteiger partial charge is 0.160 e. The average Bonchev–Trinajstić information content (AvgIpc) is 2.71. The third kappa shape index (κ3) is 3.79. The lowest BCUT2D eigenvalue weighted by atomic mass is 9.78. The van der Waals surface area contributed by atoms with Crippen molar-refractivity contribution in [3.8, 4) is 11.3 Å². The number of benzene rings is 1. The average molecular weight is 359 g/mol. The van der Waals surface area contributed by atoms with Crippen molar-refractivity contribution in [2.45, 2.75) is 44.3 Å². The van der Waals surface area contributed by atoms with Crippen LogP contribution in [0.1, 0.15) is 43.6 Å². The summed E-state index contributed by atoms with van der Waals surface area (Å²) in [5, 5.41) is 0. The molecule has 0 amide bonds. The van der Waals surface area contributed by atoms with Crippen LogP contribution in [0.5, 0.6) is 0 Å². The van der Waals surface area contributed by atoms with Crippen molar-refractivity contribution in [2.24, 2.45) is 5.92 Å². The molecule has 0 bridgehead atoms. The molecule has 2 aliphatic rings. The second-order valence-corrected chi connectivity index (χ2v) is 7.18. The highest BCUT2D eigenvalue weighted by atomic mass is 19.2. The van der Waals surface area contributed by atoms with Crippen molar-refractivity contribution in [3.05, 3.63) is 53.7 Å². The van der Waals surface area contributed by atoms with E-state index in [0.29, 0.717) is 23.1 Å². The lowest BCUT2D eigenvalue weighted by molar-refractivity contribution is -0.209. The lowest BCUT2D eigenvalue weighted by Gasteiger charge is -2.35. The summed E-state index contributed by atoms with van der Waals surface area (Å²) in [6.45, 7) is 1.61. The molecule has 0 atom stereocenters. The van der Waals surface area contributed by atoms with Gasteiger partial charge in [0.15, 0.2) is 17.9 Å². The Bertz CT molecular complexity index is 736. The molecule has 1 aliphatic heterocycles. The van der Waals surface area contributed by atoms with E-state index in [-0.39, 0.29) is 6.29 Å². The summed E-state index contributed by atoms with van der Waals surface area (Å²) in [4.78, 5) is 4.47. The van der Waals surface area contributed by atoms with Crippen molar-refractivity contribution in [1.29, 1.82) is 0 Å². The van der Waals surface area contributed by atoms with Gasteiger partial charge < -0.3 is 9.47 Å². The zero-order valence-electron chi connectivity index (χ0n) is 14.7. The van der Waals surface area contributed by atoms with Crippen LogP contribution in [0.4, 0.5) is 8.78 Å². The van der Waals surface area contributed by atoms with Crippen molar-refractivity contribution < 1.29 is 18.3 Å². The van der Waals surface area contributed by atoms with E-state index in [1.165, 1.54) is 11.6 Å². The van der Waals surface area contributed by atoms with Crippen molar-refractivity contribution in [3.63, 3.8) is 0 Å². The summed E-state index contributed by atoms with van der Waals surface area (Å²) in [7, 11) is 0. The summed E-state index contributed by atoms with van der Waals surface area (Å²) >= 11 is 0. The number of rotatable bonds is 3. The van der Waals surface area contributed by atoms with Gasteiger partial charge in [-0.1, -0.05) is 6.07 Å². The molecule has 5 heteroatoms. The third-order valence-electron chi connectivity index (χ3n) is 5.48. The molecule has 26 heavy (non-hydrogen) atoms. The van der Waals surface area contributed by atoms with E-state index in [2.05, 4.69) is 11.1 Å². The zero-order chi connectivity index (χ0) is 17.9. The molecule has 4 rings (SSSR count). The first-order valence-electron chi connectivity index (χ1n) is 9.35. The summed E-state index contributed by atoms with van der Waals surface area (Å²) in [5.74, 6) is -0.714. The molecule has 1 aromatic carbocycles. The molecule has 2 fully saturated rings. The molecule has 2 heterocycles. The first kappa shape index (κ1) is 17.6. The standard InChI is InChI=1S/C21H23F2NO2/c22-18-8-6-16(12-19(18)23)20-9-7-17(13-24-20)14-2-4-15(5-3-14)21-25-10-1-11-26-21/h6-9,12-15,21H,1-5,10-11H2. The van der Waals surface area contributed by atoms with Gasteiger partial charge in [-0.2, -0.15) is 0 Å². The van der Waals surface area contributed by atoms with Gasteiger partial charge in [-0.15, -0.1) is 0 Å². The summed E-state index contributed by atoms with van der Waals surface area (Å²) in [6, 6.07) is 7.82. The topological polar surface area (TPSA) is 31.4 Å².